The summed E-state index contributed by atoms with van der Waals surface area (Å²) < 4.78 is 37.5. The molecular formula is C11H8F3NO2. The van der Waals surface area contributed by atoms with Crippen molar-refractivity contribution in [3.63, 3.8) is 0 Å². The molecule has 3 nitrogen and oxygen atoms in total. The summed E-state index contributed by atoms with van der Waals surface area (Å²) in [5.41, 5.74) is -0.112. The second-order valence-corrected chi connectivity index (χ2v) is 3.75. The number of Topliss-reactive ketones (excluding diaryl/α,β-unsaturated/α-hetero) is 1. The molecule has 2 rings (SSSR count). The minimum absolute atomic E-state index is 0.141. The molecule has 1 atom stereocenters. The SMILES string of the molecule is O=CC(=O)C1CNc2ccc(C(F)(F)F)cc21. The van der Waals surface area contributed by atoms with Crippen molar-refractivity contribution in [2.75, 3.05) is 11.9 Å². The van der Waals surface area contributed by atoms with Gasteiger partial charge in [-0.15, -0.1) is 0 Å². The first-order chi connectivity index (χ1) is 7.93. The zero-order valence-electron chi connectivity index (χ0n) is 8.54. The normalized spacial score (nSPS) is 18.4. The number of halogens is 3. The Bertz CT molecular complexity index is 482. The number of ketones is 1. The van der Waals surface area contributed by atoms with Gasteiger partial charge in [-0.1, -0.05) is 0 Å². The lowest BCUT2D eigenvalue weighted by Crippen LogP contribution is -2.15. The Hall–Kier alpha value is -1.85. The molecule has 0 aliphatic carbocycles. The summed E-state index contributed by atoms with van der Waals surface area (Å²) in [7, 11) is 0. The van der Waals surface area contributed by atoms with Crippen molar-refractivity contribution in [1.82, 2.24) is 0 Å². The summed E-state index contributed by atoms with van der Waals surface area (Å²) in [6, 6.07) is 3.14. The van der Waals surface area contributed by atoms with Gasteiger partial charge < -0.3 is 5.32 Å². The third-order valence-electron chi connectivity index (χ3n) is 2.71. The van der Waals surface area contributed by atoms with Crippen molar-refractivity contribution in [3.8, 4) is 0 Å². The molecule has 0 saturated carbocycles. The summed E-state index contributed by atoms with van der Waals surface area (Å²) in [6.45, 7) is 0.161. The Morgan fingerprint density at radius 2 is 2.12 bits per heavy atom. The Morgan fingerprint density at radius 1 is 1.41 bits per heavy atom. The smallest absolute Gasteiger partial charge is 0.384 e. The topological polar surface area (TPSA) is 46.2 Å². The Morgan fingerprint density at radius 3 is 2.71 bits per heavy atom. The zero-order valence-corrected chi connectivity index (χ0v) is 8.54. The molecule has 0 bridgehead atoms. The number of nitrogens with one attached hydrogen (secondary N) is 1. The number of rotatable bonds is 2. The number of carbonyl (C=O) groups excluding carboxylic acids is 2. The van der Waals surface area contributed by atoms with Gasteiger partial charge in [-0.25, -0.2) is 0 Å². The molecule has 0 spiro atoms. The first-order valence-electron chi connectivity index (χ1n) is 4.87. The van der Waals surface area contributed by atoms with Gasteiger partial charge >= 0.3 is 6.18 Å². The monoisotopic (exact) mass is 243 g/mol. The van der Waals surface area contributed by atoms with E-state index in [1.807, 2.05) is 0 Å². The molecule has 0 amide bonds. The molecule has 1 aromatic carbocycles. The standard InChI is InChI=1S/C11H8F3NO2/c12-11(13,14)6-1-2-9-7(3-6)8(4-15-9)10(17)5-16/h1-3,5,8,15H,4H2. The molecule has 1 N–H and O–H groups in total. The van der Waals surface area contributed by atoms with Crippen LogP contribution in [0.15, 0.2) is 18.2 Å². The molecule has 1 heterocycles. The summed E-state index contributed by atoms with van der Waals surface area (Å²) in [4.78, 5) is 21.6. The van der Waals surface area contributed by atoms with Crippen molar-refractivity contribution in [3.05, 3.63) is 29.3 Å². The minimum atomic E-state index is -4.45. The van der Waals surface area contributed by atoms with E-state index in [2.05, 4.69) is 5.32 Å². The highest BCUT2D eigenvalue weighted by molar-refractivity contribution is 6.28. The van der Waals surface area contributed by atoms with Gasteiger partial charge in [0.15, 0.2) is 6.29 Å². The third-order valence-corrected chi connectivity index (χ3v) is 2.71. The maximum Gasteiger partial charge on any atom is 0.416 e. The van der Waals surface area contributed by atoms with Crippen molar-refractivity contribution < 1.29 is 22.8 Å². The number of carbonyl (C=O) groups is 2. The van der Waals surface area contributed by atoms with Crippen molar-refractivity contribution in [2.24, 2.45) is 0 Å². The molecule has 1 aliphatic rings. The fraction of sp³-hybridized carbons (Fsp3) is 0.273. The van der Waals surface area contributed by atoms with Crippen LogP contribution in [0.3, 0.4) is 0 Å². The van der Waals surface area contributed by atoms with Crippen molar-refractivity contribution in [2.45, 2.75) is 12.1 Å². The Labute approximate surface area is 94.6 Å². The molecule has 17 heavy (non-hydrogen) atoms. The van der Waals surface area contributed by atoms with E-state index in [-0.39, 0.29) is 18.4 Å². The predicted molar refractivity (Wildman–Crippen MR) is 53.7 cm³/mol. The van der Waals surface area contributed by atoms with E-state index < -0.39 is 23.4 Å². The molecule has 1 unspecified atom stereocenters. The molecule has 0 radical (unpaired) electrons. The first-order valence-corrected chi connectivity index (χ1v) is 4.87. The maximum absolute atomic E-state index is 12.5. The average molecular weight is 243 g/mol. The van der Waals surface area contributed by atoms with Gasteiger partial charge in [0.2, 0.25) is 5.78 Å². The quantitative estimate of drug-likeness (QED) is 0.638. The summed E-state index contributed by atoms with van der Waals surface area (Å²) in [6.07, 6.45) is -4.31. The van der Waals surface area contributed by atoms with Gasteiger partial charge in [0, 0.05) is 12.2 Å². The molecule has 90 valence electrons. The number of anilines is 1. The second kappa shape index (κ2) is 3.87. The van der Waals surface area contributed by atoms with Gasteiger partial charge in [0.1, 0.15) is 0 Å². The fourth-order valence-electron chi connectivity index (χ4n) is 1.85. The molecule has 0 saturated heterocycles. The highest BCUT2D eigenvalue weighted by atomic mass is 19.4. The predicted octanol–water partition coefficient (Wildman–Crippen LogP) is 1.98. The van der Waals surface area contributed by atoms with Crippen LogP contribution in [0.5, 0.6) is 0 Å². The number of alkyl halides is 3. The molecule has 6 heteroatoms. The lowest BCUT2D eigenvalue weighted by atomic mass is 9.96. The number of benzene rings is 1. The lowest BCUT2D eigenvalue weighted by molar-refractivity contribution is -0.137. The van der Waals surface area contributed by atoms with Gasteiger partial charge in [0.25, 0.3) is 0 Å². The lowest BCUT2D eigenvalue weighted by Gasteiger charge is -2.10. The van der Waals surface area contributed by atoms with Crippen LogP contribution < -0.4 is 5.32 Å². The summed E-state index contributed by atoms with van der Waals surface area (Å²) >= 11 is 0. The van der Waals surface area contributed by atoms with Crippen LogP contribution in [0.4, 0.5) is 18.9 Å². The van der Waals surface area contributed by atoms with E-state index in [9.17, 15) is 22.8 Å². The molecule has 1 aromatic rings. The van der Waals surface area contributed by atoms with E-state index in [0.717, 1.165) is 12.1 Å². The average Bonchev–Trinajstić information content (AvgIpc) is 2.69. The summed E-state index contributed by atoms with van der Waals surface area (Å²) in [5.74, 6) is -1.53. The van der Waals surface area contributed by atoms with Crippen LogP contribution in [0.1, 0.15) is 17.0 Å². The molecule has 0 aromatic heterocycles. The van der Waals surface area contributed by atoms with E-state index in [1.54, 1.807) is 0 Å². The van der Waals surface area contributed by atoms with Crippen LogP contribution in [0.2, 0.25) is 0 Å². The Kier molecular flexibility index (Phi) is 2.65. The van der Waals surface area contributed by atoms with E-state index in [1.165, 1.54) is 6.07 Å². The minimum Gasteiger partial charge on any atom is -0.384 e. The van der Waals surface area contributed by atoms with E-state index in [0.29, 0.717) is 5.69 Å². The van der Waals surface area contributed by atoms with Crippen LogP contribution in [-0.2, 0) is 15.8 Å². The number of hydrogen-bond donors (Lipinski definition) is 1. The van der Waals surface area contributed by atoms with E-state index >= 15 is 0 Å². The van der Waals surface area contributed by atoms with Gasteiger partial charge in [0.05, 0.1) is 11.5 Å². The maximum atomic E-state index is 12.5. The fourth-order valence-corrected chi connectivity index (χ4v) is 1.85. The molecule has 1 aliphatic heterocycles. The van der Waals surface area contributed by atoms with E-state index in [4.69, 9.17) is 0 Å². The van der Waals surface area contributed by atoms with Crippen molar-refractivity contribution in [1.29, 1.82) is 0 Å². The van der Waals surface area contributed by atoms with Crippen LogP contribution in [0.25, 0.3) is 0 Å². The highest BCUT2D eigenvalue weighted by Gasteiger charge is 2.34. The highest BCUT2D eigenvalue weighted by Crippen LogP contribution is 2.37. The van der Waals surface area contributed by atoms with Gasteiger partial charge in [-0.2, -0.15) is 13.2 Å². The first kappa shape index (κ1) is 11.6. The number of aldehydes is 1. The largest absolute Gasteiger partial charge is 0.416 e. The van der Waals surface area contributed by atoms with Crippen molar-refractivity contribution >= 4 is 17.8 Å². The summed E-state index contributed by atoms with van der Waals surface area (Å²) in [5, 5.41) is 2.80. The number of hydrogen-bond acceptors (Lipinski definition) is 3. The third kappa shape index (κ3) is 2.02. The Balaban J connectivity index is 2.44. The second-order valence-electron chi connectivity index (χ2n) is 3.75. The number of fused-ring (bicyclic) bond motifs is 1. The zero-order chi connectivity index (χ0) is 12.6. The van der Waals surface area contributed by atoms with Crippen LogP contribution >= 0.6 is 0 Å². The molecular weight excluding hydrogens is 235 g/mol. The van der Waals surface area contributed by atoms with Gasteiger partial charge in [-0.05, 0) is 23.8 Å². The van der Waals surface area contributed by atoms with Crippen LogP contribution in [-0.4, -0.2) is 18.6 Å². The molecule has 0 fully saturated rings. The van der Waals surface area contributed by atoms with Gasteiger partial charge in [-0.3, -0.25) is 9.59 Å². The van der Waals surface area contributed by atoms with Crippen LogP contribution in [0, 0.1) is 0 Å².